The van der Waals surface area contributed by atoms with Crippen molar-refractivity contribution < 1.29 is 27.6 Å². The number of para-hydroxylation sites is 1. The Morgan fingerprint density at radius 3 is 2.29 bits per heavy atom. The number of anilines is 3. The highest BCUT2D eigenvalue weighted by Gasteiger charge is 2.51. The van der Waals surface area contributed by atoms with Gasteiger partial charge in [-0.2, -0.15) is 13.2 Å². The predicted molar refractivity (Wildman–Crippen MR) is 143 cm³/mol. The lowest BCUT2D eigenvalue weighted by molar-refractivity contribution is -0.203. The number of hydrogen-bond acceptors (Lipinski definition) is 9. The maximum Gasteiger partial charge on any atom is 0.493 e. The Bertz CT molecular complexity index is 1600. The summed E-state index contributed by atoms with van der Waals surface area (Å²) >= 11 is 6.52. The molecule has 2 aromatic carbocycles. The maximum absolute atomic E-state index is 14.0. The Kier molecular flexibility index (Phi) is 7.64. The van der Waals surface area contributed by atoms with Crippen molar-refractivity contribution in [1.29, 1.82) is 0 Å². The number of carbonyl (C=O) groups excluding carboxylic acids is 2. The second-order valence-corrected chi connectivity index (χ2v) is 9.76. The number of aromatic nitrogens is 2. The number of hydrogen-bond donors (Lipinski definition) is 1. The molecule has 2 aliphatic heterocycles. The molecule has 1 atom stereocenters. The minimum Gasteiger partial charge on any atom is -0.327 e. The van der Waals surface area contributed by atoms with Gasteiger partial charge in [-0.3, -0.25) is 28.5 Å². The van der Waals surface area contributed by atoms with Crippen LogP contribution in [-0.2, 0) is 23.2 Å². The Labute approximate surface area is 235 Å². The van der Waals surface area contributed by atoms with Gasteiger partial charge in [-0.25, -0.2) is 9.59 Å². The van der Waals surface area contributed by atoms with Crippen LogP contribution in [0.4, 0.5) is 30.4 Å². The van der Waals surface area contributed by atoms with Gasteiger partial charge in [0.25, 0.3) is 5.56 Å². The third-order valence-corrected chi connectivity index (χ3v) is 7.11. The number of halogens is 4. The zero-order valence-electron chi connectivity index (χ0n) is 21.6. The van der Waals surface area contributed by atoms with Gasteiger partial charge in [-0.1, -0.05) is 54.1 Å². The van der Waals surface area contributed by atoms with Crippen LogP contribution in [0.5, 0.6) is 0 Å². The van der Waals surface area contributed by atoms with E-state index in [9.17, 15) is 32.3 Å². The molecular weight excluding hydrogens is 569 g/mol. The molecule has 0 spiro atoms. The van der Waals surface area contributed by atoms with Crippen molar-refractivity contribution in [2.75, 3.05) is 36.1 Å². The number of Topliss-reactive ketones (excluding diaryl/α,β-unsaturated/α-hetero) is 1. The minimum atomic E-state index is -5.37. The zero-order chi connectivity index (χ0) is 29.5. The van der Waals surface area contributed by atoms with Crippen LogP contribution >= 0.6 is 11.6 Å². The molecule has 0 radical (unpaired) electrons. The quantitative estimate of drug-likeness (QED) is 0.431. The minimum absolute atomic E-state index is 0.141. The van der Waals surface area contributed by atoms with Crippen molar-refractivity contribution in [2.24, 2.45) is 7.05 Å². The Morgan fingerprint density at radius 2 is 1.66 bits per heavy atom. The fourth-order valence-corrected chi connectivity index (χ4v) is 5.11. The van der Waals surface area contributed by atoms with Crippen molar-refractivity contribution in [1.82, 2.24) is 19.4 Å². The second kappa shape index (κ2) is 11.0. The van der Waals surface area contributed by atoms with Gasteiger partial charge in [-0.05, 0) is 12.1 Å². The fraction of sp³-hybridized carbons (Fsp3) is 0.308. The van der Waals surface area contributed by atoms with Crippen LogP contribution in [0.3, 0.4) is 0 Å². The molecule has 0 bridgehead atoms. The molecule has 41 heavy (non-hydrogen) atoms. The van der Waals surface area contributed by atoms with E-state index >= 15 is 0 Å². The number of benzene rings is 2. The van der Waals surface area contributed by atoms with E-state index in [-0.39, 0.29) is 35.1 Å². The lowest BCUT2D eigenvalue weighted by Crippen LogP contribution is -2.60. The molecule has 1 aromatic heterocycles. The highest BCUT2D eigenvalue weighted by Crippen LogP contribution is 2.45. The Balaban J connectivity index is 1.75. The van der Waals surface area contributed by atoms with Gasteiger partial charge in [0.2, 0.25) is 6.29 Å². The smallest absolute Gasteiger partial charge is 0.327 e. The van der Waals surface area contributed by atoms with Crippen LogP contribution in [0.2, 0.25) is 5.02 Å². The van der Waals surface area contributed by atoms with Crippen LogP contribution in [0, 0.1) is 0 Å². The maximum atomic E-state index is 14.0. The van der Waals surface area contributed by atoms with Crippen molar-refractivity contribution in [3.05, 3.63) is 86.0 Å². The van der Waals surface area contributed by atoms with Gasteiger partial charge in [0.15, 0.2) is 17.3 Å². The summed E-state index contributed by atoms with van der Waals surface area (Å²) in [6.45, 7) is 0.820. The normalized spacial score (nSPS) is 17.4. The lowest BCUT2D eigenvalue weighted by Gasteiger charge is -2.41. The van der Waals surface area contributed by atoms with E-state index in [0.29, 0.717) is 22.7 Å². The summed E-state index contributed by atoms with van der Waals surface area (Å²) in [5.41, 5.74) is -1.80. The van der Waals surface area contributed by atoms with Gasteiger partial charge in [-0.15, -0.1) is 5.06 Å². The molecule has 3 heterocycles. The first kappa shape index (κ1) is 28.4. The third kappa shape index (κ3) is 5.21. The first-order chi connectivity index (χ1) is 19.5. The number of fused-ring (bicyclic) bond motifs is 1. The molecule has 216 valence electrons. The molecule has 1 fully saturated rings. The highest BCUT2D eigenvalue weighted by molar-refractivity contribution is 6.33. The monoisotopic (exact) mass is 592 g/mol. The van der Waals surface area contributed by atoms with Gasteiger partial charge < -0.3 is 10.2 Å². The van der Waals surface area contributed by atoms with Crippen molar-refractivity contribution in [3.8, 4) is 0 Å². The molecule has 1 unspecified atom stereocenters. The number of alkyl halides is 3. The molecule has 1 saturated heterocycles. The summed E-state index contributed by atoms with van der Waals surface area (Å²) < 4.78 is 41.9. The second-order valence-electron chi connectivity index (χ2n) is 9.35. The summed E-state index contributed by atoms with van der Waals surface area (Å²) in [6.07, 6.45) is -6.70. The summed E-state index contributed by atoms with van der Waals surface area (Å²) in [5, 5.41) is 3.89. The van der Waals surface area contributed by atoms with Crippen molar-refractivity contribution in [3.63, 3.8) is 0 Å². The molecule has 5 rings (SSSR count). The fourth-order valence-electron chi connectivity index (χ4n) is 4.88. The van der Waals surface area contributed by atoms with Gasteiger partial charge in [0.1, 0.15) is 0 Å². The van der Waals surface area contributed by atoms with Gasteiger partial charge in [0.05, 0.1) is 17.3 Å². The molecule has 1 N–H and O–H groups in total. The standard InChI is InChI=1S/C26H24ClF3N6O5/c1-32-21-20(22(38)34(25(32)40)15-19(37)16-7-3-2-4-8-16)35(18-10-6-5-9-17(18)27)24(33-13-11-31-12-14-33)36(21)41-23(39)26(28,29)30/h2-10,24,31H,11-15H2,1H3. The molecule has 11 nitrogen and oxygen atoms in total. The van der Waals surface area contributed by atoms with Crippen molar-refractivity contribution >= 4 is 40.5 Å². The van der Waals surface area contributed by atoms with Crippen LogP contribution in [0.15, 0.2) is 64.2 Å². The van der Waals surface area contributed by atoms with E-state index in [0.717, 1.165) is 4.57 Å². The number of carbonyl (C=O) groups is 2. The van der Waals surface area contributed by atoms with Crippen LogP contribution in [-0.4, -0.2) is 64.4 Å². The SMILES string of the molecule is Cn1c2c(c(=O)n(CC(=O)c3ccccc3)c1=O)N(c1ccccc1Cl)C(N1CCNCC1)N2OC(=O)C(F)(F)F. The van der Waals surface area contributed by atoms with E-state index < -0.39 is 47.8 Å². The number of hydroxylamine groups is 1. The molecule has 0 aliphatic carbocycles. The number of ketones is 1. The number of piperazine rings is 1. The largest absolute Gasteiger partial charge is 0.493 e. The number of nitrogens with zero attached hydrogens (tertiary/aromatic N) is 5. The van der Waals surface area contributed by atoms with Crippen LogP contribution in [0.1, 0.15) is 10.4 Å². The van der Waals surface area contributed by atoms with Crippen LogP contribution < -0.4 is 26.5 Å². The summed E-state index contributed by atoms with van der Waals surface area (Å²) in [6, 6.07) is 14.3. The first-order valence-corrected chi connectivity index (χ1v) is 12.9. The first-order valence-electron chi connectivity index (χ1n) is 12.5. The molecule has 2 aliphatic rings. The van der Waals surface area contributed by atoms with E-state index in [1.165, 1.54) is 30.1 Å². The molecule has 0 amide bonds. The molecular formula is C26H24ClF3N6O5. The number of nitrogens with one attached hydrogen (secondary N) is 1. The summed E-state index contributed by atoms with van der Waals surface area (Å²) in [7, 11) is 1.21. The van der Waals surface area contributed by atoms with Gasteiger partial charge >= 0.3 is 17.8 Å². The van der Waals surface area contributed by atoms with Gasteiger partial charge in [0, 0.05) is 38.8 Å². The Morgan fingerprint density at radius 1 is 1.02 bits per heavy atom. The predicted octanol–water partition coefficient (Wildman–Crippen LogP) is 2.25. The van der Waals surface area contributed by atoms with E-state index in [2.05, 4.69) is 5.32 Å². The lowest BCUT2D eigenvalue weighted by atomic mass is 10.1. The highest BCUT2D eigenvalue weighted by atomic mass is 35.5. The summed E-state index contributed by atoms with van der Waals surface area (Å²) in [4.78, 5) is 60.5. The topological polar surface area (TPSA) is 109 Å². The number of rotatable bonds is 6. The average Bonchev–Trinajstić information content (AvgIpc) is 3.29. The van der Waals surface area contributed by atoms with Crippen molar-refractivity contribution in [2.45, 2.75) is 19.0 Å². The third-order valence-electron chi connectivity index (χ3n) is 6.79. The van der Waals surface area contributed by atoms with Crippen LogP contribution in [0.25, 0.3) is 0 Å². The molecule has 15 heteroatoms. The molecule has 3 aromatic rings. The van der Waals surface area contributed by atoms with E-state index in [4.69, 9.17) is 16.4 Å². The van der Waals surface area contributed by atoms with E-state index in [1.54, 1.807) is 41.3 Å². The Hall–Kier alpha value is -4.14. The van der Waals surface area contributed by atoms with E-state index in [1.807, 2.05) is 0 Å². The summed E-state index contributed by atoms with van der Waals surface area (Å²) in [5.74, 6) is -3.48. The molecule has 0 saturated carbocycles. The average molecular weight is 593 g/mol. The zero-order valence-corrected chi connectivity index (χ0v) is 22.4.